The summed E-state index contributed by atoms with van der Waals surface area (Å²) in [5.74, 6) is -1.44. The van der Waals surface area contributed by atoms with Crippen molar-refractivity contribution in [1.82, 2.24) is 4.90 Å². The first kappa shape index (κ1) is 21.4. The third-order valence-electron chi connectivity index (χ3n) is 4.02. The molecule has 1 atom stereocenters. The van der Waals surface area contributed by atoms with Crippen molar-refractivity contribution in [1.29, 1.82) is 0 Å². The minimum absolute atomic E-state index is 0.0930. The van der Waals surface area contributed by atoms with Gasteiger partial charge in [-0.1, -0.05) is 35.6 Å². The van der Waals surface area contributed by atoms with Crippen LogP contribution in [0.25, 0.3) is 17.4 Å². The lowest BCUT2D eigenvalue weighted by atomic mass is 10.1. The molecule has 1 aliphatic rings. The second kappa shape index (κ2) is 7.85. The lowest BCUT2D eigenvalue weighted by Crippen LogP contribution is -2.41. The molecule has 3 rings (SSSR count). The van der Waals surface area contributed by atoms with Gasteiger partial charge in [-0.05, 0) is 37.3 Å². The van der Waals surface area contributed by atoms with Gasteiger partial charge in [-0.3, -0.25) is 9.69 Å². The number of amides is 1. The lowest BCUT2D eigenvalue weighted by Gasteiger charge is -2.18. The quantitative estimate of drug-likeness (QED) is 0.492. The smallest absolute Gasteiger partial charge is 0.417 e. The zero-order chi connectivity index (χ0) is 21.5. The first-order chi connectivity index (χ1) is 13.5. The van der Waals surface area contributed by atoms with E-state index in [4.69, 9.17) is 33.3 Å². The molecule has 0 spiro atoms. The number of alkyl halides is 3. The average molecular weight is 462 g/mol. The standard InChI is InChI=1S/C18H11ClF3NO4S2/c1-8(16(25)26)23-15(24)14(29-17(23)28)7-10-3-5-13(27-10)9-2-4-12(19)11(6-9)18(20,21)22/h2-8H,1H3,(H,25,26)/b14-7-. The van der Waals surface area contributed by atoms with Gasteiger partial charge in [-0.15, -0.1) is 0 Å². The highest BCUT2D eigenvalue weighted by molar-refractivity contribution is 8.26. The Kier molecular flexibility index (Phi) is 5.79. The second-order valence-electron chi connectivity index (χ2n) is 5.96. The average Bonchev–Trinajstić information content (AvgIpc) is 3.19. The number of thioether (sulfide) groups is 1. The van der Waals surface area contributed by atoms with Gasteiger partial charge in [0.25, 0.3) is 5.91 Å². The van der Waals surface area contributed by atoms with Crippen LogP contribution in [-0.4, -0.2) is 32.2 Å². The number of aliphatic carboxylic acids is 1. The fourth-order valence-corrected chi connectivity index (χ4v) is 4.16. The Balaban J connectivity index is 1.89. The lowest BCUT2D eigenvalue weighted by molar-refractivity contribution is -0.144. The van der Waals surface area contributed by atoms with E-state index in [9.17, 15) is 22.8 Å². The summed E-state index contributed by atoms with van der Waals surface area (Å²) in [5.41, 5.74) is -0.827. The van der Waals surface area contributed by atoms with E-state index in [-0.39, 0.29) is 26.3 Å². The third-order valence-corrected chi connectivity index (χ3v) is 5.68. The van der Waals surface area contributed by atoms with Crippen molar-refractivity contribution in [3.8, 4) is 11.3 Å². The summed E-state index contributed by atoms with van der Waals surface area (Å²) >= 11 is 11.6. The minimum Gasteiger partial charge on any atom is -0.480 e. The number of carboxylic acids is 1. The van der Waals surface area contributed by atoms with Gasteiger partial charge in [0.2, 0.25) is 0 Å². The molecule has 1 N–H and O–H groups in total. The molecule has 11 heteroatoms. The molecule has 0 radical (unpaired) electrons. The third kappa shape index (κ3) is 4.34. The number of carboxylic acid groups (broad SMARTS) is 1. The maximum atomic E-state index is 13.0. The van der Waals surface area contributed by atoms with Crippen LogP contribution < -0.4 is 0 Å². The van der Waals surface area contributed by atoms with E-state index in [1.54, 1.807) is 0 Å². The number of carbonyl (C=O) groups excluding carboxylic acids is 1. The summed E-state index contributed by atoms with van der Waals surface area (Å²) in [7, 11) is 0. The summed E-state index contributed by atoms with van der Waals surface area (Å²) < 4.78 is 44.7. The van der Waals surface area contributed by atoms with Crippen molar-refractivity contribution < 1.29 is 32.3 Å². The van der Waals surface area contributed by atoms with Gasteiger partial charge in [0.15, 0.2) is 0 Å². The Morgan fingerprint density at radius 2 is 2.03 bits per heavy atom. The van der Waals surface area contributed by atoms with Crippen LogP contribution in [0.4, 0.5) is 13.2 Å². The molecule has 0 saturated carbocycles. The molecule has 2 heterocycles. The highest BCUT2D eigenvalue weighted by Gasteiger charge is 2.38. The van der Waals surface area contributed by atoms with Crippen molar-refractivity contribution in [3.63, 3.8) is 0 Å². The number of carbonyl (C=O) groups is 2. The van der Waals surface area contributed by atoms with E-state index >= 15 is 0 Å². The van der Waals surface area contributed by atoms with Crippen LogP contribution in [0, 0.1) is 0 Å². The Morgan fingerprint density at radius 3 is 2.66 bits per heavy atom. The molecule has 1 aromatic heterocycles. The molecule has 2 aromatic rings. The molecular formula is C18H11ClF3NO4S2. The minimum atomic E-state index is -4.61. The summed E-state index contributed by atoms with van der Waals surface area (Å²) in [6.45, 7) is 1.33. The number of benzene rings is 1. The van der Waals surface area contributed by atoms with Crippen LogP contribution >= 0.6 is 35.6 Å². The number of rotatable bonds is 4. The van der Waals surface area contributed by atoms with Crippen LogP contribution in [0.1, 0.15) is 18.2 Å². The number of thiocarbonyl (C=S) groups is 1. The Bertz CT molecular complexity index is 1050. The van der Waals surface area contributed by atoms with Crippen LogP contribution in [0.2, 0.25) is 5.02 Å². The van der Waals surface area contributed by atoms with Gasteiger partial charge in [-0.2, -0.15) is 13.2 Å². The summed E-state index contributed by atoms with van der Waals surface area (Å²) in [6, 6.07) is 5.18. The Labute approximate surface area is 177 Å². The summed E-state index contributed by atoms with van der Waals surface area (Å²) in [6.07, 6.45) is -3.25. The molecule has 1 aliphatic heterocycles. The number of furan rings is 1. The van der Waals surface area contributed by atoms with E-state index in [2.05, 4.69) is 0 Å². The van der Waals surface area contributed by atoms with E-state index < -0.39 is 34.7 Å². The summed E-state index contributed by atoms with van der Waals surface area (Å²) in [5, 5.41) is 8.67. The van der Waals surface area contributed by atoms with E-state index in [1.165, 1.54) is 31.2 Å². The van der Waals surface area contributed by atoms with E-state index in [0.717, 1.165) is 28.8 Å². The number of hydrogen-bond donors (Lipinski definition) is 1. The second-order valence-corrected chi connectivity index (χ2v) is 8.04. The van der Waals surface area contributed by atoms with Gasteiger partial charge >= 0.3 is 12.1 Å². The molecule has 0 aliphatic carbocycles. The van der Waals surface area contributed by atoms with Crippen molar-refractivity contribution >= 4 is 57.9 Å². The van der Waals surface area contributed by atoms with Crippen LogP contribution in [-0.2, 0) is 15.8 Å². The monoisotopic (exact) mass is 461 g/mol. The molecule has 0 bridgehead atoms. The predicted molar refractivity (Wildman–Crippen MR) is 106 cm³/mol. The van der Waals surface area contributed by atoms with Crippen molar-refractivity contribution in [2.75, 3.05) is 0 Å². The highest BCUT2D eigenvalue weighted by atomic mass is 35.5. The maximum absolute atomic E-state index is 13.0. The molecule has 1 saturated heterocycles. The van der Waals surface area contributed by atoms with Gasteiger partial charge in [0.1, 0.15) is 21.9 Å². The SMILES string of the molecule is CC(C(=O)O)N1C(=O)/C(=C/c2ccc(-c3ccc(Cl)c(C(F)(F)F)c3)o2)SC1=S. The Hall–Kier alpha value is -2.30. The first-order valence-electron chi connectivity index (χ1n) is 7.96. The molecule has 1 fully saturated rings. The van der Waals surface area contributed by atoms with Crippen molar-refractivity contribution in [3.05, 3.63) is 51.6 Å². The topological polar surface area (TPSA) is 70.8 Å². The predicted octanol–water partition coefficient (Wildman–Crippen LogP) is 5.29. The normalized spacial score (nSPS) is 17.3. The highest BCUT2D eigenvalue weighted by Crippen LogP contribution is 2.38. The van der Waals surface area contributed by atoms with Crippen molar-refractivity contribution in [2.45, 2.75) is 19.1 Å². The number of hydrogen-bond acceptors (Lipinski definition) is 5. The van der Waals surface area contributed by atoms with Gasteiger partial charge < -0.3 is 9.52 Å². The number of halogens is 4. The molecule has 1 amide bonds. The van der Waals surface area contributed by atoms with Crippen molar-refractivity contribution in [2.24, 2.45) is 0 Å². The van der Waals surface area contributed by atoms with Gasteiger partial charge in [-0.25, -0.2) is 4.79 Å². The van der Waals surface area contributed by atoms with Crippen LogP contribution in [0.3, 0.4) is 0 Å². The molecule has 152 valence electrons. The molecule has 1 aromatic carbocycles. The summed E-state index contributed by atoms with van der Waals surface area (Å²) in [4.78, 5) is 24.7. The zero-order valence-corrected chi connectivity index (χ0v) is 16.9. The Morgan fingerprint density at radius 1 is 1.34 bits per heavy atom. The maximum Gasteiger partial charge on any atom is 0.417 e. The molecule has 29 heavy (non-hydrogen) atoms. The molecule has 1 unspecified atom stereocenters. The largest absolute Gasteiger partial charge is 0.480 e. The van der Waals surface area contributed by atoms with Crippen LogP contribution in [0.15, 0.2) is 39.7 Å². The van der Waals surface area contributed by atoms with E-state index in [1.807, 2.05) is 0 Å². The fraction of sp³-hybridized carbons (Fsp3) is 0.167. The molecular weight excluding hydrogens is 451 g/mol. The van der Waals surface area contributed by atoms with Gasteiger partial charge in [0.05, 0.1) is 15.5 Å². The first-order valence-corrected chi connectivity index (χ1v) is 9.56. The molecule has 5 nitrogen and oxygen atoms in total. The zero-order valence-electron chi connectivity index (χ0n) is 14.5. The fourth-order valence-electron chi connectivity index (χ4n) is 2.53. The van der Waals surface area contributed by atoms with Crippen LogP contribution in [0.5, 0.6) is 0 Å². The van der Waals surface area contributed by atoms with E-state index in [0.29, 0.717) is 0 Å². The number of nitrogens with zero attached hydrogens (tertiary/aromatic N) is 1. The van der Waals surface area contributed by atoms with Gasteiger partial charge in [0, 0.05) is 11.6 Å².